The molecule has 0 amide bonds. The smallest absolute Gasteiger partial charge is 0.339 e. The van der Waals surface area contributed by atoms with Crippen molar-refractivity contribution < 1.29 is 14.6 Å². The Morgan fingerprint density at radius 2 is 1.40 bits per heavy atom. The van der Waals surface area contributed by atoms with Crippen LogP contribution in [0.5, 0.6) is 0 Å². The highest BCUT2D eigenvalue weighted by Gasteiger charge is 2.33. The van der Waals surface area contributed by atoms with Gasteiger partial charge in [-0.15, -0.1) is 0 Å². The molecule has 0 bridgehead atoms. The van der Waals surface area contributed by atoms with E-state index in [0.29, 0.717) is 16.8 Å². The Morgan fingerprint density at radius 1 is 0.933 bits per heavy atom. The van der Waals surface area contributed by atoms with Gasteiger partial charge in [0.2, 0.25) is 0 Å². The molecule has 0 radical (unpaired) electrons. The summed E-state index contributed by atoms with van der Waals surface area (Å²) in [6, 6.07) is 19.0. The van der Waals surface area contributed by atoms with Gasteiger partial charge in [0.15, 0.2) is 6.10 Å². The zero-order valence-corrected chi connectivity index (χ0v) is 18.0. The summed E-state index contributed by atoms with van der Waals surface area (Å²) in [7, 11) is 1.61. The van der Waals surface area contributed by atoms with Crippen LogP contribution < -0.4 is 5.56 Å². The molecular weight excluding hydrogens is 378 g/mol. The first-order valence-corrected chi connectivity index (χ1v) is 9.86. The molecule has 2 aromatic carbocycles. The highest BCUT2D eigenvalue weighted by Crippen LogP contribution is 2.37. The Labute approximate surface area is 176 Å². The molecule has 3 rings (SSSR count). The molecule has 0 spiro atoms. The number of hydrogen-bond donors (Lipinski definition) is 1. The zero-order chi connectivity index (χ0) is 22.1. The lowest BCUT2D eigenvalue weighted by atomic mass is 9.90. The van der Waals surface area contributed by atoms with Crippen molar-refractivity contribution >= 4 is 5.97 Å². The summed E-state index contributed by atoms with van der Waals surface area (Å²) < 4.78 is 7.34. The Morgan fingerprint density at radius 3 is 1.83 bits per heavy atom. The van der Waals surface area contributed by atoms with Gasteiger partial charge < -0.3 is 14.4 Å². The lowest BCUT2D eigenvalue weighted by Crippen LogP contribution is -2.33. The molecule has 3 aromatic rings. The molecule has 1 aromatic heterocycles. The fourth-order valence-electron chi connectivity index (χ4n) is 3.72. The van der Waals surface area contributed by atoms with E-state index in [1.165, 1.54) is 4.57 Å². The maximum Gasteiger partial charge on any atom is 0.339 e. The summed E-state index contributed by atoms with van der Waals surface area (Å²) in [4.78, 5) is 25.7. The quantitative estimate of drug-likeness (QED) is 0.651. The van der Waals surface area contributed by atoms with Crippen molar-refractivity contribution in [1.29, 1.82) is 0 Å². The molecule has 156 valence electrons. The minimum atomic E-state index is -1.29. The van der Waals surface area contributed by atoms with E-state index in [0.717, 1.165) is 16.7 Å². The van der Waals surface area contributed by atoms with Crippen LogP contribution >= 0.6 is 0 Å². The Bertz CT molecular complexity index is 1110. The van der Waals surface area contributed by atoms with Gasteiger partial charge in [0, 0.05) is 12.6 Å². The number of aromatic nitrogens is 1. The number of ether oxygens (including phenoxy) is 1. The number of nitrogens with zero attached hydrogens (tertiary/aromatic N) is 1. The topological polar surface area (TPSA) is 68.5 Å². The molecule has 5 nitrogen and oxygen atoms in total. The monoisotopic (exact) mass is 405 g/mol. The second-order valence-corrected chi connectivity index (χ2v) is 8.30. The highest BCUT2D eigenvalue weighted by atomic mass is 16.5. The van der Waals surface area contributed by atoms with E-state index in [2.05, 4.69) is 0 Å². The van der Waals surface area contributed by atoms with E-state index in [4.69, 9.17) is 4.74 Å². The average molecular weight is 405 g/mol. The minimum absolute atomic E-state index is 0.253. The second kappa shape index (κ2) is 8.28. The van der Waals surface area contributed by atoms with Crippen LogP contribution in [0.3, 0.4) is 0 Å². The minimum Gasteiger partial charge on any atom is -0.479 e. The molecule has 0 saturated carbocycles. The predicted molar refractivity (Wildman–Crippen MR) is 119 cm³/mol. The van der Waals surface area contributed by atoms with Crippen LogP contribution in [0.1, 0.15) is 38.1 Å². The molecule has 0 saturated heterocycles. The third-order valence-electron chi connectivity index (χ3n) is 4.95. The number of aliphatic carboxylic acids is 1. The lowest BCUT2D eigenvalue weighted by Gasteiger charge is -2.29. The standard InChI is InChI=1S/C25H27NO4/c1-16-19(17-12-8-6-9-13-17)21(22(24(28)29)30-25(2,3)4)26(5)23(27)20(16)18-14-10-7-11-15-18/h6-15,22H,1-5H3,(H,28,29). The summed E-state index contributed by atoms with van der Waals surface area (Å²) in [6.07, 6.45) is -1.29. The van der Waals surface area contributed by atoms with Gasteiger partial charge in [0.05, 0.1) is 16.9 Å². The fourth-order valence-corrected chi connectivity index (χ4v) is 3.72. The molecule has 0 aliphatic heterocycles. The molecule has 1 unspecified atom stereocenters. The number of benzene rings is 2. The molecule has 1 atom stereocenters. The van der Waals surface area contributed by atoms with Crippen LogP contribution in [0.15, 0.2) is 65.5 Å². The van der Waals surface area contributed by atoms with Crippen molar-refractivity contribution in [3.8, 4) is 22.3 Å². The van der Waals surface area contributed by atoms with E-state index in [-0.39, 0.29) is 5.56 Å². The molecule has 5 heteroatoms. The number of rotatable bonds is 5. The lowest BCUT2D eigenvalue weighted by molar-refractivity contribution is -0.161. The van der Waals surface area contributed by atoms with Crippen molar-refractivity contribution in [1.82, 2.24) is 4.57 Å². The molecule has 30 heavy (non-hydrogen) atoms. The van der Waals surface area contributed by atoms with Gasteiger partial charge in [-0.3, -0.25) is 4.79 Å². The van der Waals surface area contributed by atoms with Crippen molar-refractivity contribution in [3.05, 3.63) is 82.3 Å². The van der Waals surface area contributed by atoms with E-state index in [1.807, 2.05) is 67.6 Å². The van der Waals surface area contributed by atoms with E-state index >= 15 is 0 Å². The summed E-state index contributed by atoms with van der Waals surface area (Å²) in [5, 5.41) is 10.0. The van der Waals surface area contributed by atoms with Gasteiger partial charge in [0.1, 0.15) is 0 Å². The van der Waals surface area contributed by atoms with Gasteiger partial charge in [-0.05, 0) is 44.4 Å². The van der Waals surface area contributed by atoms with Crippen LogP contribution in [-0.2, 0) is 16.6 Å². The summed E-state index contributed by atoms with van der Waals surface area (Å²) in [6.45, 7) is 7.27. The zero-order valence-electron chi connectivity index (χ0n) is 18.0. The third-order valence-corrected chi connectivity index (χ3v) is 4.95. The fraction of sp³-hybridized carbons (Fsp3) is 0.280. The number of pyridine rings is 1. The highest BCUT2D eigenvalue weighted by molar-refractivity contribution is 5.84. The Balaban J connectivity index is 2.43. The maximum atomic E-state index is 13.4. The van der Waals surface area contributed by atoms with Gasteiger partial charge in [0.25, 0.3) is 5.56 Å². The van der Waals surface area contributed by atoms with E-state index in [9.17, 15) is 14.7 Å². The largest absolute Gasteiger partial charge is 0.479 e. The van der Waals surface area contributed by atoms with Gasteiger partial charge >= 0.3 is 5.97 Å². The van der Waals surface area contributed by atoms with Gasteiger partial charge in [-0.25, -0.2) is 4.79 Å². The molecule has 0 aliphatic rings. The maximum absolute atomic E-state index is 13.4. The van der Waals surface area contributed by atoms with Crippen LogP contribution in [0.4, 0.5) is 0 Å². The average Bonchev–Trinajstić information content (AvgIpc) is 2.70. The van der Waals surface area contributed by atoms with Gasteiger partial charge in [-0.1, -0.05) is 60.7 Å². The Hall–Kier alpha value is -3.18. The number of carboxylic acids is 1. The van der Waals surface area contributed by atoms with Crippen molar-refractivity contribution in [2.45, 2.75) is 39.4 Å². The molecule has 1 N–H and O–H groups in total. The second-order valence-electron chi connectivity index (χ2n) is 8.30. The first kappa shape index (κ1) is 21.5. The van der Waals surface area contributed by atoms with E-state index in [1.54, 1.807) is 27.8 Å². The van der Waals surface area contributed by atoms with Crippen molar-refractivity contribution in [3.63, 3.8) is 0 Å². The SMILES string of the molecule is Cc1c(-c2ccccc2)c(C(OC(C)(C)C)C(=O)O)n(C)c(=O)c1-c1ccccc1. The summed E-state index contributed by atoms with van der Waals surface area (Å²) >= 11 is 0. The van der Waals surface area contributed by atoms with Gasteiger partial charge in [-0.2, -0.15) is 0 Å². The predicted octanol–water partition coefficient (Wildman–Crippen LogP) is 4.97. The Kier molecular flexibility index (Phi) is 5.94. The number of carbonyl (C=O) groups is 1. The first-order chi connectivity index (χ1) is 14.1. The number of hydrogen-bond acceptors (Lipinski definition) is 3. The molecule has 0 fully saturated rings. The van der Waals surface area contributed by atoms with Crippen LogP contribution in [-0.4, -0.2) is 21.2 Å². The molecular formula is C25H27NO4. The number of carboxylic acid groups (broad SMARTS) is 1. The third kappa shape index (κ3) is 4.21. The van der Waals surface area contributed by atoms with E-state index < -0.39 is 17.7 Å². The normalized spacial score (nSPS) is 12.6. The first-order valence-electron chi connectivity index (χ1n) is 9.86. The molecule has 0 aliphatic carbocycles. The van der Waals surface area contributed by atoms with Crippen LogP contribution in [0.2, 0.25) is 0 Å². The molecule has 1 heterocycles. The summed E-state index contributed by atoms with van der Waals surface area (Å²) in [5.74, 6) is -1.14. The van der Waals surface area contributed by atoms with Crippen molar-refractivity contribution in [2.75, 3.05) is 0 Å². The van der Waals surface area contributed by atoms with Crippen LogP contribution in [0.25, 0.3) is 22.3 Å². The summed E-state index contributed by atoms with van der Waals surface area (Å²) in [5.41, 5.74) is 2.99. The van der Waals surface area contributed by atoms with Crippen LogP contribution in [0, 0.1) is 6.92 Å². The van der Waals surface area contributed by atoms with Crippen molar-refractivity contribution in [2.24, 2.45) is 7.05 Å².